The van der Waals surface area contributed by atoms with Gasteiger partial charge in [0.2, 0.25) is 0 Å². The standard InChI is InChI=1S/C10H14O2/c1-2-8-4-5-9(3-1)10(8)11-6-7-12-10/h1-2,8-9H,3-7H2/t8-,9+/m0/s1. The van der Waals surface area contributed by atoms with Crippen LogP contribution in [0.15, 0.2) is 12.2 Å². The van der Waals surface area contributed by atoms with Gasteiger partial charge in [-0.25, -0.2) is 0 Å². The molecule has 2 bridgehead atoms. The lowest BCUT2D eigenvalue weighted by atomic mass is 9.88. The molecule has 12 heavy (non-hydrogen) atoms. The lowest BCUT2D eigenvalue weighted by molar-refractivity contribution is -0.202. The molecule has 1 aliphatic heterocycles. The van der Waals surface area contributed by atoms with E-state index in [-0.39, 0.29) is 5.79 Å². The molecule has 66 valence electrons. The van der Waals surface area contributed by atoms with E-state index in [1.54, 1.807) is 0 Å². The van der Waals surface area contributed by atoms with Crippen LogP contribution in [0.25, 0.3) is 0 Å². The Morgan fingerprint density at radius 3 is 2.75 bits per heavy atom. The van der Waals surface area contributed by atoms with Crippen molar-refractivity contribution >= 4 is 0 Å². The van der Waals surface area contributed by atoms with Crippen LogP contribution in [0, 0.1) is 11.8 Å². The van der Waals surface area contributed by atoms with Crippen LogP contribution in [0.1, 0.15) is 19.3 Å². The molecule has 0 unspecified atom stereocenters. The number of hydrogen-bond donors (Lipinski definition) is 0. The molecule has 3 aliphatic rings. The summed E-state index contributed by atoms with van der Waals surface area (Å²) in [6, 6.07) is 0. The molecule has 1 spiro atoms. The van der Waals surface area contributed by atoms with E-state index >= 15 is 0 Å². The van der Waals surface area contributed by atoms with E-state index in [0.29, 0.717) is 11.8 Å². The molecule has 3 rings (SSSR count). The van der Waals surface area contributed by atoms with Crippen molar-refractivity contribution < 1.29 is 9.47 Å². The molecule has 2 fully saturated rings. The largest absolute Gasteiger partial charge is 0.347 e. The summed E-state index contributed by atoms with van der Waals surface area (Å²) in [6.07, 6.45) is 8.25. The Morgan fingerprint density at radius 1 is 1.17 bits per heavy atom. The lowest BCUT2D eigenvalue weighted by Gasteiger charge is -2.35. The van der Waals surface area contributed by atoms with Crippen molar-refractivity contribution in [2.75, 3.05) is 13.2 Å². The van der Waals surface area contributed by atoms with Gasteiger partial charge in [-0.1, -0.05) is 12.2 Å². The maximum Gasteiger partial charge on any atom is 0.177 e. The van der Waals surface area contributed by atoms with E-state index < -0.39 is 0 Å². The number of ether oxygens (including phenoxy) is 2. The van der Waals surface area contributed by atoms with Crippen LogP contribution in [0.5, 0.6) is 0 Å². The van der Waals surface area contributed by atoms with Crippen LogP contribution in [0.3, 0.4) is 0 Å². The van der Waals surface area contributed by atoms with E-state index in [9.17, 15) is 0 Å². The number of allylic oxidation sites excluding steroid dienone is 1. The van der Waals surface area contributed by atoms with Gasteiger partial charge in [0.1, 0.15) is 0 Å². The van der Waals surface area contributed by atoms with Crippen molar-refractivity contribution in [1.29, 1.82) is 0 Å². The summed E-state index contributed by atoms with van der Waals surface area (Å²) in [6.45, 7) is 1.58. The van der Waals surface area contributed by atoms with Gasteiger partial charge in [-0.3, -0.25) is 0 Å². The average Bonchev–Trinajstić information content (AvgIpc) is 2.59. The SMILES string of the molecule is C1=C[C@H]2CC[C@@H](C1)C21OCCO1. The van der Waals surface area contributed by atoms with Crippen molar-refractivity contribution in [3.63, 3.8) is 0 Å². The summed E-state index contributed by atoms with van der Waals surface area (Å²) >= 11 is 0. The van der Waals surface area contributed by atoms with Gasteiger partial charge in [0, 0.05) is 11.8 Å². The predicted octanol–water partition coefficient (Wildman–Crippen LogP) is 1.72. The van der Waals surface area contributed by atoms with Crippen LogP contribution in [0.2, 0.25) is 0 Å². The van der Waals surface area contributed by atoms with Crippen molar-refractivity contribution in [3.8, 4) is 0 Å². The molecule has 2 atom stereocenters. The monoisotopic (exact) mass is 166 g/mol. The molecule has 2 nitrogen and oxygen atoms in total. The first-order chi connectivity index (χ1) is 5.92. The van der Waals surface area contributed by atoms with E-state index in [1.165, 1.54) is 12.8 Å². The van der Waals surface area contributed by atoms with E-state index in [0.717, 1.165) is 19.6 Å². The second-order valence-electron chi connectivity index (χ2n) is 3.96. The van der Waals surface area contributed by atoms with Crippen LogP contribution >= 0.6 is 0 Å². The van der Waals surface area contributed by atoms with Crippen molar-refractivity contribution in [2.45, 2.75) is 25.0 Å². The van der Waals surface area contributed by atoms with E-state index in [4.69, 9.17) is 9.47 Å². The zero-order valence-electron chi connectivity index (χ0n) is 7.16. The average molecular weight is 166 g/mol. The van der Waals surface area contributed by atoms with Crippen LogP contribution < -0.4 is 0 Å². The highest BCUT2D eigenvalue weighted by molar-refractivity contribution is 5.11. The van der Waals surface area contributed by atoms with E-state index in [1.807, 2.05) is 0 Å². The van der Waals surface area contributed by atoms with Crippen LogP contribution in [0.4, 0.5) is 0 Å². The zero-order chi connectivity index (χ0) is 8.02. The molecule has 2 heteroatoms. The first-order valence-corrected chi connectivity index (χ1v) is 4.86. The second-order valence-corrected chi connectivity index (χ2v) is 3.96. The fourth-order valence-electron chi connectivity index (χ4n) is 2.90. The minimum absolute atomic E-state index is 0.186. The quantitative estimate of drug-likeness (QED) is 0.510. The smallest absolute Gasteiger partial charge is 0.177 e. The molecule has 1 heterocycles. The molecule has 0 N–H and O–H groups in total. The highest BCUT2D eigenvalue weighted by atomic mass is 16.7. The van der Waals surface area contributed by atoms with E-state index in [2.05, 4.69) is 12.2 Å². The molecular formula is C10H14O2. The Hall–Kier alpha value is -0.340. The maximum atomic E-state index is 5.79. The van der Waals surface area contributed by atoms with Crippen molar-refractivity contribution in [1.82, 2.24) is 0 Å². The van der Waals surface area contributed by atoms with Gasteiger partial charge in [0.25, 0.3) is 0 Å². The van der Waals surface area contributed by atoms with Gasteiger partial charge in [0.15, 0.2) is 5.79 Å². The number of hydrogen-bond acceptors (Lipinski definition) is 2. The lowest BCUT2D eigenvalue weighted by Crippen LogP contribution is -2.41. The third-order valence-electron chi connectivity index (χ3n) is 3.44. The second kappa shape index (κ2) is 2.33. The Morgan fingerprint density at radius 2 is 2.00 bits per heavy atom. The highest BCUT2D eigenvalue weighted by Gasteiger charge is 2.54. The van der Waals surface area contributed by atoms with Gasteiger partial charge < -0.3 is 9.47 Å². The third kappa shape index (κ3) is 0.723. The van der Waals surface area contributed by atoms with Gasteiger partial charge in [-0.2, -0.15) is 0 Å². The molecular weight excluding hydrogens is 152 g/mol. The first kappa shape index (κ1) is 7.10. The Bertz CT molecular complexity index is 216. The third-order valence-corrected chi connectivity index (χ3v) is 3.44. The Balaban J connectivity index is 1.99. The normalized spacial score (nSPS) is 42.7. The Labute approximate surface area is 72.5 Å². The van der Waals surface area contributed by atoms with Gasteiger partial charge in [-0.15, -0.1) is 0 Å². The Kier molecular flexibility index (Phi) is 1.38. The summed E-state index contributed by atoms with van der Waals surface area (Å²) in [5, 5.41) is 0. The molecule has 0 radical (unpaired) electrons. The predicted molar refractivity (Wildman–Crippen MR) is 44.6 cm³/mol. The number of rotatable bonds is 0. The molecule has 0 aromatic heterocycles. The summed E-state index contributed by atoms with van der Waals surface area (Å²) in [5.74, 6) is 0.989. The van der Waals surface area contributed by atoms with Crippen LogP contribution in [-0.2, 0) is 9.47 Å². The fourth-order valence-corrected chi connectivity index (χ4v) is 2.90. The minimum Gasteiger partial charge on any atom is -0.347 e. The molecule has 0 aromatic rings. The van der Waals surface area contributed by atoms with Gasteiger partial charge in [-0.05, 0) is 19.3 Å². The minimum atomic E-state index is -0.186. The maximum absolute atomic E-state index is 5.79. The molecule has 0 amide bonds. The van der Waals surface area contributed by atoms with Crippen LogP contribution in [-0.4, -0.2) is 19.0 Å². The van der Waals surface area contributed by atoms with Gasteiger partial charge >= 0.3 is 0 Å². The molecule has 1 saturated heterocycles. The molecule has 2 aliphatic carbocycles. The molecule has 1 saturated carbocycles. The highest BCUT2D eigenvalue weighted by Crippen LogP contribution is 2.51. The molecule has 0 aromatic carbocycles. The topological polar surface area (TPSA) is 18.5 Å². The summed E-state index contributed by atoms with van der Waals surface area (Å²) < 4.78 is 11.6. The first-order valence-electron chi connectivity index (χ1n) is 4.86. The zero-order valence-corrected chi connectivity index (χ0v) is 7.16. The fraction of sp³-hybridized carbons (Fsp3) is 0.800. The van der Waals surface area contributed by atoms with Gasteiger partial charge in [0.05, 0.1) is 13.2 Å². The van der Waals surface area contributed by atoms with Crippen molar-refractivity contribution in [3.05, 3.63) is 12.2 Å². The summed E-state index contributed by atoms with van der Waals surface area (Å²) in [4.78, 5) is 0. The van der Waals surface area contributed by atoms with Crippen molar-refractivity contribution in [2.24, 2.45) is 11.8 Å². The summed E-state index contributed by atoms with van der Waals surface area (Å²) in [5.41, 5.74) is 0. The summed E-state index contributed by atoms with van der Waals surface area (Å²) in [7, 11) is 0.